The quantitative estimate of drug-likeness (QED) is 0.478. The normalized spacial score (nSPS) is 10.5. The summed E-state index contributed by atoms with van der Waals surface area (Å²) >= 11 is 11.7. The molecule has 16 heavy (non-hydrogen) atoms. The molecule has 0 aliphatic carbocycles. The van der Waals surface area contributed by atoms with E-state index in [1.165, 1.54) is 20.2 Å². The number of rotatable bonds is 3. The second-order valence-electron chi connectivity index (χ2n) is 2.83. The van der Waals surface area contributed by atoms with Crippen molar-refractivity contribution in [2.75, 3.05) is 7.11 Å². The van der Waals surface area contributed by atoms with Gasteiger partial charge in [-0.25, -0.2) is 4.79 Å². The van der Waals surface area contributed by atoms with Gasteiger partial charge in [0.05, 0.1) is 18.3 Å². The zero-order valence-corrected chi connectivity index (χ0v) is 10.2. The number of halogens is 2. The summed E-state index contributed by atoms with van der Waals surface area (Å²) in [6, 6.07) is 3.14. The summed E-state index contributed by atoms with van der Waals surface area (Å²) in [4.78, 5) is 14.9. The molecule has 0 unspecified atom stereocenters. The highest BCUT2D eigenvalue weighted by atomic mass is 35.5. The van der Waals surface area contributed by atoms with Crippen LogP contribution >= 0.6 is 23.2 Å². The maximum Gasteiger partial charge on any atom is 0.331 e. The number of ether oxygens (including phenoxy) is 1. The van der Waals surface area contributed by atoms with Crippen LogP contribution in [0.5, 0.6) is 5.75 Å². The molecule has 0 spiro atoms. The zero-order chi connectivity index (χ0) is 12.1. The first kappa shape index (κ1) is 12.8. The summed E-state index contributed by atoms with van der Waals surface area (Å²) < 4.78 is 5.07. The fourth-order valence-electron chi connectivity index (χ4n) is 1.05. The second kappa shape index (κ2) is 5.72. The highest BCUT2D eigenvalue weighted by Crippen LogP contribution is 2.31. The third kappa shape index (κ3) is 3.40. The minimum atomic E-state index is -0.511. The largest absolute Gasteiger partial charge is 0.495 e. The van der Waals surface area contributed by atoms with Crippen molar-refractivity contribution in [2.45, 2.75) is 6.92 Å². The Kier molecular flexibility index (Phi) is 4.58. The number of carbonyl (C=O) groups excluding carboxylic acids is 1. The molecule has 0 heterocycles. The highest BCUT2D eigenvalue weighted by molar-refractivity contribution is 6.36. The van der Waals surface area contributed by atoms with Gasteiger partial charge in [-0.15, -0.1) is 0 Å². The molecule has 0 radical (unpaired) electrons. The van der Waals surface area contributed by atoms with Crippen LogP contribution in [0.2, 0.25) is 10.0 Å². The smallest absolute Gasteiger partial charge is 0.331 e. The molecular formula is C10H9Cl2NO3. The van der Waals surface area contributed by atoms with Crippen LogP contribution in [0.4, 0.5) is 0 Å². The van der Waals surface area contributed by atoms with Crippen LogP contribution in [-0.2, 0) is 9.63 Å². The number of oxime groups is 1. The predicted octanol–water partition coefficient (Wildman–Crippen LogP) is 2.90. The van der Waals surface area contributed by atoms with Crippen molar-refractivity contribution in [2.24, 2.45) is 5.16 Å². The molecule has 1 rings (SSSR count). The summed E-state index contributed by atoms with van der Waals surface area (Å²) in [5.74, 6) is -0.0923. The Bertz CT molecular complexity index is 432. The van der Waals surface area contributed by atoms with E-state index in [-0.39, 0.29) is 0 Å². The molecule has 0 saturated heterocycles. The van der Waals surface area contributed by atoms with E-state index >= 15 is 0 Å². The van der Waals surface area contributed by atoms with Gasteiger partial charge in [0.25, 0.3) is 0 Å². The third-order valence-electron chi connectivity index (χ3n) is 1.61. The number of nitrogens with zero attached hydrogens (tertiary/aromatic N) is 1. The number of benzene rings is 1. The summed E-state index contributed by atoms with van der Waals surface area (Å²) in [5.41, 5.74) is 0.529. The van der Waals surface area contributed by atoms with E-state index in [1.807, 2.05) is 0 Å². The Hall–Kier alpha value is -1.26. The second-order valence-corrected chi connectivity index (χ2v) is 3.67. The van der Waals surface area contributed by atoms with Crippen molar-refractivity contribution in [3.8, 4) is 5.75 Å². The molecule has 0 aromatic heterocycles. The summed E-state index contributed by atoms with van der Waals surface area (Å²) in [7, 11) is 1.47. The van der Waals surface area contributed by atoms with Gasteiger partial charge >= 0.3 is 5.97 Å². The first-order chi connectivity index (χ1) is 7.54. The van der Waals surface area contributed by atoms with Crippen molar-refractivity contribution < 1.29 is 14.4 Å². The molecule has 0 aliphatic rings. The van der Waals surface area contributed by atoms with E-state index in [0.717, 1.165) is 0 Å². The standard InChI is InChI=1S/C10H9Cl2NO3/c1-6(14)16-13-5-7-3-8(11)4-9(12)10(7)15-2/h3-5H,1-2H3/b13-5-. The Morgan fingerprint density at radius 3 is 2.69 bits per heavy atom. The molecule has 0 aliphatic heterocycles. The van der Waals surface area contributed by atoms with Gasteiger partial charge in [-0.1, -0.05) is 28.4 Å². The lowest BCUT2D eigenvalue weighted by atomic mass is 10.2. The SMILES string of the molecule is COc1c(Cl)cc(Cl)cc1/C=N\OC(C)=O. The zero-order valence-electron chi connectivity index (χ0n) is 8.66. The van der Waals surface area contributed by atoms with E-state index in [0.29, 0.717) is 21.4 Å². The van der Waals surface area contributed by atoms with Crippen LogP contribution in [0, 0.1) is 0 Å². The molecule has 4 nitrogen and oxygen atoms in total. The Morgan fingerprint density at radius 2 is 2.12 bits per heavy atom. The Balaban J connectivity index is 3.02. The van der Waals surface area contributed by atoms with Crippen LogP contribution < -0.4 is 4.74 Å². The van der Waals surface area contributed by atoms with Gasteiger partial charge in [0, 0.05) is 17.5 Å². The Morgan fingerprint density at radius 1 is 1.44 bits per heavy atom. The molecule has 6 heteroatoms. The van der Waals surface area contributed by atoms with Gasteiger partial charge in [-0.3, -0.25) is 0 Å². The van der Waals surface area contributed by atoms with Gasteiger partial charge in [-0.2, -0.15) is 0 Å². The van der Waals surface area contributed by atoms with Crippen LogP contribution in [0.1, 0.15) is 12.5 Å². The maximum absolute atomic E-state index is 10.5. The summed E-state index contributed by atoms with van der Waals surface area (Å²) in [6.07, 6.45) is 1.30. The fourth-order valence-corrected chi connectivity index (χ4v) is 1.64. The van der Waals surface area contributed by atoms with E-state index < -0.39 is 5.97 Å². The topological polar surface area (TPSA) is 47.9 Å². The van der Waals surface area contributed by atoms with E-state index in [9.17, 15) is 4.79 Å². The molecule has 0 amide bonds. The van der Waals surface area contributed by atoms with Gasteiger partial charge in [-0.05, 0) is 12.1 Å². The minimum absolute atomic E-state index is 0.360. The number of hydrogen-bond donors (Lipinski definition) is 0. The molecule has 1 aromatic carbocycles. The molecule has 86 valence electrons. The van der Waals surface area contributed by atoms with Crippen LogP contribution in [0.15, 0.2) is 17.3 Å². The van der Waals surface area contributed by atoms with E-state index in [1.54, 1.807) is 12.1 Å². The van der Waals surface area contributed by atoms with Crippen molar-refractivity contribution >= 4 is 35.4 Å². The van der Waals surface area contributed by atoms with E-state index in [2.05, 4.69) is 9.99 Å². The van der Waals surface area contributed by atoms with Gasteiger partial charge in [0.1, 0.15) is 5.75 Å². The molecule has 0 bridgehead atoms. The Labute approximate surface area is 103 Å². The van der Waals surface area contributed by atoms with Crippen molar-refractivity contribution in [1.82, 2.24) is 0 Å². The molecule has 0 saturated carbocycles. The lowest BCUT2D eigenvalue weighted by Gasteiger charge is -2.06. The maximum atomic E-state index is 10.5. The average molecular weight is 262 g/mol. The monoisotopic (exact) mass is 261 g/mol. The van der Waals surface area contributed by atoms with Crippen LogP contribution in [0.3, 0.4) is 0 Å². The molecule has 0 fully saturated rings. The average Bonchev–Trinajstić information content (AvgIpc) is 2.16. The van der Waals surface area contributed by atoms with Crippen molar-refractivity contribution in [3.63, 3.8) is 0 Å². The van der Waals surface area contributed by atoms with Gasteiger partial charge < -0.3 is 9.57 Å². The fraction of sp³-hybridized carbons (Fsp3) is 0.200. The molecule has 0 N–H and O–H groups in total. The minimum Gasteiger partial charge on any atom is -0.495 e. The lowest BCUT2D eigenvalue weighted by molar-refractivity contribution is -0.140. The van der Waals surface area contributed by atoms with Crippen molar-refractivity contribution in [1.29, 1.82) is 0 Å². The number of methoxy groups -OCH3 is 1. The van der Waals surface area contributed by atoms with Crippen LogP contribution in [-0.4, -0.2) is 19.3 Å². The molecule has 1 aromatic rings. The number of hydrogen-bond acceptors (Lipinski definition) is 4. The molecule has 0 atom stereocenters. The molecular weight excluding hydrogens is 253 g/mol. The van der Waals surface area contributed by atoms with Crippen LogP contribution in [0.25, 0.3) is 0 Å². The lowest BCUT2D eigenvalue weighted by Crippen LogP contribution is -1.95. The first-order valence-electron chi connectivity index (χ1n) is 4.28. The number of carbonyl (C=O) groups is 1. The predicted molar refractivity (Wildman–Crippen MR) is 62.4 cm³/mol. The summed E-state index contributed by atoms with van der Waals surface area (Å²) in [6.45, 7) is 1.25. The first-order valence-corrected chi connectivity index (χ1v) is 5.04. The summed E-state index contributed by atoms with van der Waals surface area (Å²) in [5, 5.41) is 4.26. The van der Waals surface area contributed by atoms with E-state index in [4.69, 9.17) is 27.9 Å². The van der Waals surface area contributed by atoms with Gasteiger partial charge in [0.15, 0.2) is 0 Å². The van der Waals surface area contributed by atoms with Gasteiger partial charge in [0.2, 0.25) is 0 Å². The third-order valence-corrected chi connectivity index (χ3v) is 2.11. The van der Waals surface area contributed by atoms with Crippen molar-refractivity contribution in [3.05, 3.63) is 27.7 Å². The highest BCUT2D eigenvalue weighted by Gasteiger charge is 2.08.